The fourth-order valence-electron chi connectivity index (χ4n) is 2.44. The van der Waals surface area contributed by atoms with Crippen LogP contribution in [-0.4, -0.2) is 12.2 Å². The van der Waals surface area contributed by atoms with Crippen LogP contribution in [0.25, 0.3) is 0 Å². The third-order valence-electron chi connectivity index (χ3n) is 3.77. The van der Waals surface area contributed by atoms with Gasteiger partial charge in [-0.3, -0.25) is 0 Å². The van der Waals surface area contributed by atoms with Crippen molar-refractivity contribution in [3.05, 3.63) is 64.2 Å². The number of rotatable bonds is 4. The number of halogens is 1. The van der Waals surface area contributed by atoms with Gasteiger partial charge >= 0.3 is 0 Å². The summed E-state index contributed by atoms with van der Waals surface area (Å²) in [6.45, 7) is 0. The van der Waals surface area contributed by atoms with Gasteiger partial charge in [0, 0.05) is 0 Å². The lowest BCUT2D eigenvalue weighted by atomic mass is 9.98. The average molecular weight is 289 g/mol. The van der Waals surface area contributed by atoms with Crippen LogP contribution in [0, 0.1) is 0 Å². The smallest absolute Gasteiger partial charge is 0.137 e. The van der Waals surface area contributed by atoms with Crippen molar-refractivity contribution in [1.29, 1.82) is 0 Å². The first-order chi connectivity index (χ1) is 9.69. The molecule has 3 heteroatoms. The second-order valence-corrected chi connectivity index (χ2v) is 5.65. The first-order valence-electron chi connectivity index (χ1n) is 6.80. The minimum atomic E-state index is -0.653. The molecule has 20 heavy (non-hydrogen) atoms. The minimum absolute atomic E-state index is 0.551. The molecule has 1 aliphatic carbocycles. The Morgan fingerprint density at radius 2 is 1.90 bits per heavy atom. The van der Waals surface area contributed by atoms with E-state index in [1.54, 1.807) is 19.2 Å². The Kier molecular flexibility index (Phi) is 3.68. The molecule has 104 valence electrons. The van der Waals surface area contributed by atoms with E-state index in [9.17, 15) is 5.11 Å². The molecule has 2 nitrogen and oxygen atoms in total. The summed E-state index contributed by atoms with van der Waals surface area (Å²) < 4.78 is 5.20. The molecule has 1 N–H and O–H groups in total. The van der Waals surface area contributed by atoms with E-state index >= 15 is 0 Å². The molecule has 2 aromatic rings. The lowest BCUT2D eigenvalue weighted by Gasteiger charge is -2.14. The van der Waals surface area contributed by atoms with E-state index in [1.165, 1.54) is 18.4 Å². The quantitative estimate of drug-likeness (QED) is 0.908. The number of ether oxygens (including phenoxy) is 1. The molecule has 0 radical (unpaired) electrons. The summed E-state index contributed by atoms with van der Waals surface area (Å²) in [5, 5.41) is 11.1. The lowest BCUT2D eigenvalue weighted by molar-refractivity contribution is 0.219. The van der Waals surface area contributed by atoms with Crippen LogP contribution in [0.15, 0.2) is 42.5 Å². The Hall–Kier alpha value is -1.51. The molecule has 1 atom stereocenters. The highest BCUT2D eigenvalue weighted by atomic mass is 35.5. The maximum atomic E-state index is 10.5. The van der Waals surface area contributed by atoms with E-state index in [0.717, 1.165) is 11.1 Å². The minimum Gasteiger partial charge on any atom is -0.495 e. The van der Waals surface area contributed by atoms with Gasteiger partial charge in [0.05, 0.1) is 12.1 Å². The first kappa shape index (κ1) is 13.5. The van der Waals surface area contributed by atoms with Crippen LogP contribution in [-0.2, 0) is 0 Å². The number of aliphatic hydroxyl groups excluding tert-OH is 1. The Balaban J connectivity index is 1.91. The molecule has 0 spiro atoms. The van der Waals surface area contributed by atoms with Crippen LogP contribution in [0.2, 0.25) is 5.02 Å². The van der Waals surface area contributed by atoms with Crippen molar-refractivity contribution in [2.75, 3.05) is 7.11 Å². The van der Waals surface area contributed by atoms with E-state index in [0.29, 0.717) is 16.7 Å². The van der Waals surface area contributed by atoms with Gasteiger partial charge in [-0.1, -0.05) is 41.9 Å². The number of hydrogen-bond donors (Lipinski definition) is 1. The van der Waals surface area contributed by atoms with Gasteiger partial charge < -0.3 is 9.84 Å². The predicted molar refractivity (Wildman–Crippen MR) is 80.5 cm³/mol. The van der Waals surface area contributed by atoms with Crippen LogP contribution >= 0.6 is 11.6 Å². The molecule has 1 aliphatic rings. The summed E-state index contributed by atoms with van der Waals surface area (Å²) in [5.74, 6) is 1.27. The molecule has 0 heterocycles. The van der Waals surface area contributed by atoms with Crippen LogP contribution in [0.4, 0.5) is 0 Å². The molecular formula is C17H17ClO2. The van der Waals surface area contributed by atoms with Crippen molar-refractivity contribution in [2.45, 2.75) is 24.9 Å². The second kappa shape index (κ2) is 5.47. The summed E-state index contributed by atoms with van der Waals surface area (Å²) in [5.41, 5.74) is 3.03. The molecule has 3 rings (SSSR count). The summed E-state index contributed by atoms with van der Waals surface area (Å²) in [7, 11) is 1.57. The number of hydrogen-bond acceptors (Lipinski definition) is 2. The summed E-state index contributed by atoms with van der Waals surface area (Å²) in [4.78, 5) is 0. The fourth-order valence-corrected chi connectivity index (χ4v) is 2.63. The standard InChI is InChI=1S/C17H17ClO2/c1-20-16-10-14(7-8-15(16)18)17(19)13-4-2-3-12(9-13)11-5-6-11/h2-4,7-11,17,19H,5-6H2,1H3. The van der Waals surface area contributed by atoms with Crippen molar-refractivity contribution in [2.24, 2.45) is 0 Å². The van der Waals surface area contributed by atoms with Gasteiger partial charge in [-0.25, -0.2) is 0 Å². The SMILES string of the molecule is COc1cc(C(O)c2cccc(C3CC3)c2)ccc1Cl. The third kappa shape index (κ3) is 2.67. The van der Waals surface area contributed by atoms with Crippen LogP contribution in [0.5, 0.6) is 5.75 Å². The van der Waals surface area contributed by atoms with Gasteiger partial charge in [0.15, 0.2) is 0 Å². The average Bonchev–Trinajstić information content (AvgIpc) is 3.32. The highest BCUT2D eigenvalue weighted by molar-refractivity contribution is 6.32. The highest BCUT2D eigenvalue weighted by Crippen LogP contribution is 2.41. The first-order valence-corrected chi connectivity index (χ1v) is 7.18. The van der Waals surface area contributed by atoms with Crippen molar-refractivity contribution in [1.82, 2.24) is 0 Å². The molecule has 1 fully saturated rings. The van der Waals surface area contributed by atoms with Crippen molar-refractivity contribution < 1.29 is 9.84 Å². The van der Waals surface area contributed by atoms with Gasteiger partial charge in [-0.05, 0) is 47.6 Å². The Morgan fingerprint density at radius 3 is 2.60 bits per heavy atom. The topological polar surface area (TPSA) is 29.5 Å². The normalized spacial score (nSPS) is 15.9. The summed E-state index contributed by atoms with van der Waals surface area (Å²) in [6.07, 6.45) is 1.86. The van der Waals surface area contributed by atoms with E-state index in [2.05, 4.69) is 12.1 Å². The zero-order valence-corrected chi connectivity index (χ0v) is 12.1. The molecule has 0 aromatic heterocycles. The van der Waals surface area contributed by atoms with Gasteiger partial charge in [0.2, 0.25) is 0 Å². The number of benzene rings is 2. The molecule has 0 saturated heterocycles. The molecule has 2 aromatic carbocycles. The Bertz CT molecular complexity index is 620. The molecular weight excluding hydrogens is 272 g/mol. The Labute approximate surface area is 124 Å². The molecule has 0 aliphatic heterocycles. The van der Waals surface area contributed by atoms with Crippen molar-refractivity contribution in [3.8, 4) is 5.75 Å². The van der Waals surface area contributed by atoms with Crippen LogP contribution in [0.1, 0.15) is 41.6 Å². The molecule has 1 unspecified atom stereocenters. The van der Waals surface area contributed by atoms with Gasteiger partial charge in [0.1, 0.15) is 11.9 Å². The fraction of sp³-hybridized carbons (Fsp3) is 0.294. The maximum Gasteiger partial charge on any atom is 0.137 e. The lowest BCUT2D eigenvalue weighted by Crippen LogP contribution is -2.01. The predicted octanol–water partition coefficient (Wildman–Crippen LogP) is 4.31. The molecule has 1 saturated carbocycles. The summed E-state index contributed by atoms with van der Waals surface area (Å²) in [6, 6.07) is 13.6. The second-order valence-electron chi connectivity index (χ2n) is 5.24. The van der Waals surface area contributed by atoms with Crippen molar-refractivity contribution in [3.63, 3.8) is 0 Å². The monoisotopic (exact) mass is 288 g/mol. The number of aliphatic hydroxyl groups is 1. The van der Waals surface area contributed by atoms with E-state index in [1.807, 2.05) is 18.2 Å². The highest BCUT2D eigenvalue weighted by Gasteiger charge is 2.24. The van der Waals surface area contributed by atoms with E-state index < -0.39 is 6.10 Å². The molecule has 0 bridgehead atoms. The van der Waals surface area contributed by atoms with Crippen LogP contribution in [0.3, 0.4) is 0 Å². The van der Waals surface area contributed by atoms with Crippen LogP contribution < -0.4 is 4.74 Å². The van der Waals surface area contributed by atoms with Gasteiger partial charge in [-0.2, -0.15) is 0 Å². The van der Waals surface area contributed by atoms with Gasteiger partial charge in [0.25, 0.3) is 0 Å². The number of methoxy groups -OCH3 is 1. The van der Waals surface area contributed by atoms with Gasteiger partial charge in [-0.15, -0.1) is 0 Å². The zero-order valence-electron chi connectivity index (χ0n) is 11.3. The van der Waals surface area contributed by atoms with E-state index in [4.69, 9.17) is 16.3 Å². The van der Waals surface area contributed by atoms with E-state index in [-0.39, 0.29) is 0 Å². The third-order valence-corrected chi connectivity index (χ3v) is 4.08. The molecule has 0 amide bonds. The Morgan fingerprint density at radius 1 is 1.15 bits per heavy atom. The largest absolute Gasteiger partial charge is 0.495 e. The van der Waals surface area contributed by atoms with Crippen molar-refractivity contribution >= 4 is 11.6 Å². The maximum absolute atomic E-state index is 10.5. The zero-order chi connectivity index (χ0) is 14.1. The summed E-state index contributed by atoms with van der Waals surface area (Å²) >= 11 is 6.02.